The monoisotopic (exact) mass is 221 g/mol. The van der Waals surface area contributed by atoms with Gasteiger partial charge in [-0.15, -0.1) is 10.8 Å². The zero-order valence-corrected chi connectivity index (χ0v) is 8.49. The molecule has 1 heterocycles. The highest BCUT2D eigenvalue weighted by molar-refractivity contribution is 7.90. The Hall–Kier alpha value is -1.80. The Bertz CT molecular complexity index is 567. The molecule has 1 aromatic carbocycles. The lowest BCUT2D eigenvalue weighted by molar-refractivity contribution is 0.360. The second kappa shape index (κ2) is 3.41. The third-order valence-corrected chi connectivity index (χ3v) is 3.21. The van der Waals surface area contributed by atoms with Crippen LogP contribution in [0.1, 0.15) is 5.56 Å². The first kappa shape index (κ1) is 9.74. The van der Waals surface area contributed by atoms with Gasteiger partial charge in [-0.05, 0) is 12.1 Å². The summed E-state index contributed by atoms with van der Waals surface area (Å²) in [4.78, 5) is 0.164. The molecule has 0 fully saturated rings. The van der Waals surface area contributed by atoms with Crippen LogP contribution in [0.15, 0.2) is 33.6 Å². The minimum absolute atomic E-state index is 0.00267. The first-order valence-corrected chi connectivity index (χ1v) is 5.60. The summed E-state index contributed by atoms with van der Waals surface area (Å²) in [5, 5.41) is 0. The van der Waals surface area contributed by atoms with Gasteiger partial charge in [0, 0.05) is 0 Å². The molecule has 1 aliphatic rings. The molecule has 4 nitrogen and oxygen atoms in total. The highest BCUT2D eigenvalue weighted by atomic mass is 32.2. The minimum atomic E-state index is -3.59. The van der Waals surface area contributed by atoms with E-state index in [1.807, 2.05) is 0 Å². The van der Waals surface area contributed by atoms with E-state index in [-0.39, 0.29) is 17.4 Å². The molecule has 0 saturated carbocycles. The van der Waals surface area contributed by atoms with Crippen LogP contribution in [0.2, 0.25) is 0 Å². The van der Waals surface area contributed by atoms with Crippen LogP contribution < -0.4 is 0 Å². The van der Waals surface area contributed by atoms with Crippen molar-refractivity contribution in [1.82, 2.24) is 0 Å². The Labute approximate surface area is 87.7 Å². The van der Waals surface area contributed by atoms with Gasteiger partial charge in [0.2, 0.25) is 5.90 Å². The lowest BCUT2D eigenvalue weighted by atomic mass is 10.2. The normalized spacial score (nSPS) is 16.3. The van der Waals surface area contributed by atoms with Crippen LogP contribution in [0, 0.1) is 12.3 Å². The number of terminal acetylenes is 1. The van der Waals surface area contributed by atoms with Gasteiger partial charge in [0.05, 0.1) is 5.56 Å². The molecule has 2 rings (SSSR count). The SMILES string of the molecule is C#CCOC1=NS(=O)(=O)c2ccccc21. The molecule has 0 N–H and O–H groups in total. The number of sulfonamides is 1. The smallest absolute Gasteiger partial charge is 0.286 e. The highest BCUT2D eigenvalue weighted by Crippen LogP contribution is 2.25. The molecular weight excluding hydrogens is 214 g/mol. The average molecular weight is 221 g/mol. The lowest BCUT2D eigenvalue weighted by Gasteiger charge is -2.00. The van der Waals surface area contributed by atoms with Gasteiger partial charge < -0.3 is 4.74 Å². The third kappa shape index (κ3) is 1.60. The number of fused-ring (bicyclic) bond motifs is 1. The Balaban J connectivity index is 2.50. The van der Waals surface area contributed by atoms with Crippen molar-refractivity contribution in [3.63, 3.8) is 0 Å². The summed E-state index contributed by atoms with van der Waals surface area (Å²) in [7, 11) is -3.59. The van der Waals surface area contributed by atoms with E-state index in [1.54, 1.807) is 18.2 Å². The average Bonchev–Trinajstić information content (AvgIpc) is 2.49. The van der Waals surface area contributed by atoms with Gasteiger partial charge >= 0.3 is 0 Å². The minimum Gasteiger partial charge on any atom is -0.464 e. The summed E-state index contributed by atoms with van der Waals surface area (Å²) in [6.07, 6.45) is 5.01. The molecule has 5 heteroatoms. The molecule has 0 spiro atoms. The van der Waals surface area contributed by atoms with Crippen LogP contribution in [0.3, 0.4) is 0 Å². The van der Waals surface area contributed by atoms with E-state index in [0.29, 0.717) is 5.56 Å². The van der Waals surface area contributed by atoms with Crippen molar-refractivity contribution < 1.29 is 13.2 Å². The van der Waals surface area contributed by atoms with E-state index >= 15 is 0 Å². The van der Waals surface area contributed by atoms with E-state index in [0.717, 1.165) is 0 Å². The fourth-order valence-corrected chi connectivity index (χ4v) is 2.44. The van der Waals surface area contributed by atoms with Crippen LogP contribution in [-0.2, 0) is 14.8 Å². The van der Waals surface area contributed by atoms with Gasteiger partial charge in [0.25, 0.3) is 10.0 Å². The van der Waals surface area contributed by atoms with Crippen LogP contribution >= 0.6 is 0 Å². The lowest BCUT2D eigenvalue weighted by Crippen LogP contribution is -2.04. The molecule has 0 amide bonds. The van der Waals surface area contributed by atoms with Gasteiger partial charge in [-0.3, -0.25) is 0 Å². The predicted molar refractivity (Wildman–Crippen MR) is 54.9 cm³/mol. The molecule has 0 unspecified atom stereocenters. The summed E-state index contributed by atoms with van der Waals surface area (Å²) in [5.74, 6) is 2.33. The van der Waals surface area contributed by atoms with Crippen molar-refractivity contribution >= 4 is 15.9 Å². The summed E-state index contributed by atoms with van der Waals surface area (Å²) in [6, 6.07) is 6.47. The molecule has 0 aromatic heterocycles. The summed E-state index contributed by atoms with van der Waals surface area (Å²) < 4.78 is 31.6. The van der Waals surface area contributed by atoms with Crippen molar-refractivity contribution in [2.45, 2.75) is 4.90 Å². The molecule has 0 saturated heterocycles. The number of benzene rings is 1. The number of nitrogens with zero attached hydrogens (tertiary/aromatic N) is 1. The van der Waals surface area contributed by atoms with Crippen molar-refractivity contribution in [3.05, 3.63) is 29.8 Å². The molecule has 0 radical (unpaired) electrons. The van der Waals surface area contributed by atoms with Crippen molar-refractivity contribution in [2.24, 2.45) is 4.40 Å². The van der Waals surface area contributed by atoms with Gasteiger partial charge in [-0.2, -0.15) is 8.42 Å². The fraction of sp³-hybridized carbons (Fsp3) is 0.100. The molecule has 0 aliphatic carbocycles. The Kier molecular flexibility index (Phi) is 2.21. The molecule has 0 bridgehead atoms. The standard InChI is InChI=1S/C10H7NO3S/c1-2-7-14-10-8-5-3-4-6-9(8)15(12,13)11-10/h1,3-6H,7H2. The van der Waals surface area contributed by atoms with E-state index in [2.05, 4.69) is 10.3 Å². The molecule has 76 valence electrons. The molecule has 1 aromatic rings. The maximum atomic E-state index is 11.5. The molecule has 15 heavy (non-hydrogen) atoms. The Morgan fingerprint density at radius 2 is 2.13 bits per heavy atom. The maximum Gasteiger partial charge on any atom is 0.286 e. The Morgan fingerprint density at radius 3 is 2.87 bits per heavy atom. The zero-order chi connectivity index (χ0) is 10.9. The van der Waals surface area contributed by atoms with Crippen molar-refractivity contribution in [3.8, 4) is 12.3 Å². The van der Waals surface area contributed by atoms with E-state index in [4.69, 9.17) is 11.2 Å². The third-order valence-electron chi connectivity index (χ3n) is 1.89. The summed E-state index contributed by atoms with van der Waals surface area (Å²) in [5.41, 5.74) is 0.466. The van der Waals surface area contributed by atoms with E-state index in [9.17, 15) is 8.42 Å². The van der Waals surface area contributed by atoms with Crippen LogP contribution in [0.5, 0.6) is 0 Å². The van der Waals surface area contributed by atoms with Crippen molar-refractivity contribution in [2.75, 3.05) is 6.61 Å². The Morgan fingerprint density at radius 1 is 1.40 bits per heavy atom. The number of hydrogen-bond acceptors (Lipinski definition) is 3. The predicted octanol–water partition coefficient (Wildman–Crippen LogP) is 0.785. The number of rotatable bonds is 1. The highest BCUT2D eigenvalue weighted by Gasteiger charge is 2.29. The second-order valence-electron chi connectivity index (χ2n) is 2.86. The summed E-state index contributed by atoms with van der Waals surface area (Å²) in [6.45, 7) is 0.00267. The first-order chi connectivity index (χ1) is 7.15. The van der Waals surface area contributed by atoms with Crippen molar-refractivity contribution in [1.29, 1.82) is 0 Å². The quantitative estimate of drug-likeness (QED) is 0.659. The molecular formula is C10H7NO3S. The number of ether oxygens (including phenoxy) is 1. The van der Waals surface area contributed by atoms with Crippen LogP contribution in [0.4, 0.5) is 0 Å². The van der Waals surface area contributed by atoms with Gasteiger partial charge in [0.1, 0.15) is 4.90 Å². The fourth-order valence-electron chi connectivity index (χ4n) is 1.29. The first-order valence-electron chi connectivity index (χ1n) is 4.16. The van der Waals surface area contributed by atoms with E-state index < -0.39 is 10.0 Å². The molecule has 0 atom stereocenters. The van der Waals surface area contributed by atoms with Gasteiger partial charge in [0.15, 0.2) is 6.61 Å². The zero-order valence-electron chi connectivity index (χ0n) is 7.67. The second-order valence-corrected chi connectivity index (χ2v) is 4.43. The maximum absolute atomic E-state index is 11.5. The largest absolute Gasteiger partial charge is 0.464 e. The van der Waals surface area contributed by atoms with Gasteiger partial charge in [-0.25, -0.2) is 0 Å². The molecule has 1 aliphatic heterocycles. The van der Waals surface area contributed by atoms with Crippen LogP contribution in [0.25, 0.3) is 0 Å². The van der Waals surface area contributed by atoms with E-state index in [1.165, 1.54) is 6.07 Å². The van der Waals surface area contributed by atoms with Crippen LogP contribution in [-0.4, -0.2) is 20.9 Å². The summed E-state index contributed by atoms with van der Waals surface area (Å²) >= 11 is 0. The number of hydrogen-bond donors (Lipinski definition) is 0. The topological polar surface area (TPSA) is 55.7 Å². The van der Waals surface area contributed by atoms with Gasteiger partial charge in [-0.1, -0.05) is 18.1 Å².